The number of phenols is 2. The maximum absolute atomic E-state index is 13.6. The van der Waals surface area contributed by atoms with Crippen LogP contribution in [0.5, 0.6) is 17.2 Å². The van der Waals surface area contributed by atoms with Gasteiger partial charge in [-0.1, -0.05) is 5.16 Å². The summed E-state index contributed by atoms with van der Waals surface area (Å²) < 4.78 is 10.8. The Morgan fingerprint density at radius 1 is 1.19 bits per heavy atom. The first-order valence-corrected chi connectivity index (χ1v) is 9.81. The quantitative estimate of drug-likeness (QED) is 0.367. The summed E-state index contributed by atoms with van der Waals surface area (Å²) in [7, 11) is 0. The standard InChI is InChI=1S/C22H21N3O7/c1-8-18(28)16(10(3)26)20-17(19(8)29)22(5)13(31-20)6-12(27)15(21(22)30)9(2)23-7-14-24-11(4)25-32-14/h6,23,28-29H,7H2,1-5H3/b15-9+/t22-/m1/s1. The summed E-state index contributed by atoms with van der Waals surface area (Å²) in [6, 6.07) is 0. The second-order valence-corrected chi connectivity index (χ2v) is 7.98. The molecule has 1 aromatic heterocycles. The van der Waals surface area contributed by atoms with Crippen molar-refractivity contribution in [2.75, 3.05) is 0 Å². The van der Waals surface area contributed by atoms with Gasteiger partial charge in [-0.2, -0.15) is 4.98 Å². The first-order chi connectivity index (χ1) is 15.0. The average Bonchev–Trinajstić information content (AvgIpc) is 3.26. The van der Waals surface area contributed by atoms with Gasteiger partial charge in [0, 0.05) is 17.3 Å². The van der Waals surface area contributed by atoms with Crippen molar-refractivity contribution in [2.45, 2.75) is 46.6 Å². The van der Waals surface area contributed by atoms with Crippen LogP contribution in [0.2, 0.25) is 0 Å². The molecule has 1 aliphatic carbocycles. The number of aryl methyl sites for hydroxylation is 1. The number of nitrogens with one attached hydrogen (secondary N) is 1. The van der Waals surface area contributed by atoms with Crippen LogP contribution in [0.4, 0.5) is 0 Å². The number of carbonyl (C=O) groups is 3. The van der Waals surface area contributed by atoms with Crippen molar-refractivity contribution in [3.8, 4) is 17.2 Å². The van der Waals surface area contributed by atoms with Crippen molar-refractivity contribution in [3.63, 3.8) is 0 Å². The van der Waals surface area contributed by atoms with Gasteiger partial charge in [-0.25, -0.2) is 0 Å². The van der Waals surface area contributed by atoms with Crippen molar-refractivity contribution < 1.29 is 33.9 Å². The lowest BCUT2D eigenvalue weighted by atomic mass is 9.70. The zero-order valence-electron chi connectivity index (χ0n) is 18.1. The van der Waals surface area contributed by atoms with E-state index in [2.05, 4.69) is 15.5 Å². The zero-order chi connectivity index (χ0) is 23.5. The number of Topliss-reactive ketones (excluding diaryl/α,β-unsaturated/α-hetero) is 2. The van der Waals surface area contributed by atoms with E-state index in [1.165, 1.54) is 20.8 Å². The van der Waals surface area contributed by atoms with E-state index in [4.69, 9.17) is 9.26 Å². The van der Waals surface area contributed by atoms with Crippen LogP contribution in [0.25, 0.3) is 0 Å². The minimum absolute atomic E-state index is 0.0191. The molecule has 2 heterocycles. The number of aromatic nitrogens is 2. The molecule has 2 aromatic rings. The largest absolute Gasteiger partial charge is 0.507 e. The molecule has 0 unspecified atom stereocenters. The number of phenolic OH excluding ortho intramolecular Hbond substituents is 2. The van der Waals surface area contributed by atoms with Crippen LogP contribution in [-0.4, -0.2) is 37.7 Å². The van der Waals surface area contributed by atoms with Gasteiger partial charge >= 0.3 is 0 Å². The maximum atomic E-state index is 13.6. The Morgan fingerprint density at radius 2 is 1.88 bits per heavy atom. The Kier molecular flexibility index (Phi) is 4.69. The lowest BCUT2D eigenvalue weighted by molar-refractivity contribution is -0.123. The fraction of sp³-hybridized carbons (Fsp3) is 0.318. The molecule has 0 amide bonds. The van der Waals surface area contributed by atoms with Crippen LogP contribution < -0.4 is 10.1 Å². The van der Waals surface area contributed by atoms with E-state index in [0.29, 0.717) is 5.82 Å². The van der Waals surface area contributed by atoms with Gasteiger partial charge in [-0.3, -0.25) is 14.4 Å². The summed E-state index contributed by atoms with van der Waals surface area (Å²) in [5, 5.41) is 27.8. The lowest BCUT2D eigenvalue weighted by Crippen LogP contribution is -2.41. The van der Waals surface area contributed by atoms with E-state index in [-0.39, 0.29) is 57.7 Å². The molecule has 10 nitrogen and oxygen atoms in total. The van der Waals surface area contributed by atoms with Gasteiger partial charge in [0.1, 0.15) is 34.0 Å². The Hall–Kier alpha value is -3.95. The molecule has 0 radical (unpaired) electrons. The summed E-state index contributed by atoms with van der Waals surface area (Å²) in [6.07, 6.45) is 1.16. The molecule has 10 heteroatoms. The molecule has 1 aliphatic heterocycles. The highest BCUT2D eigenvalue weighted by molar-refractivity contribution is 6.31. The first kappa shape index (κ1) is 21.3. The fourth-order valence-electron chi connectivity index (χ4n) is 4.07. The van der Waals surface area contributed by atoms with E-state index in [1.54, 1.807) is 13.8 Å². The molecular formula is C22H21N3O7. The highest BCUT2D eigenvalue weighted by Gasteiger charge is 2.56. The summed E-state index contributed by atoms with van der Waals surface area (Å²) in [5.74, 6) is -1.92. The van der Waals surface area contributed by atoms with Crippen molar-refractivity contribution in [2.24, 2.45) is 0 Å². The van der Waals surface area contributed by atoms with Gasteiger partial charge in [0.05, 0.1) is 17.7 Å². The molecule has 1 atom stereocenters. The summed E-state index contributed by atoms with van der Waals surface area (Å²) in [6.45, 7) is 7.50. The first-order valence-electron chi connectivity index (χ1n) is 9.81. The summed E-state index contributed by atoms with van der Waals surface area (Å²) >= 11 is 0. The second-order valence-electron chi connectivity index (χ2n) is 7.98. The number of carbonyl (C=O) groups excluding carboxylic acids is 3. The van der Waals surface area contributed by atoms with Crippen LogP contribution in [0.3, 0.4) is 0 Å². The minimum atomic E-state index is -1.56. The number of fused-ring (bicyclic) bond motifs is 3. The SMILES string of the molecule is CC(=O)c1c(O)c(C)c(O)c2c1OC1=CC(=O)/C(=C(/C)NCc3nc(C)no3)C(=O)[C@]12C. The van der Waals surface area contributed by atoms with Crippen molar-refractivity contribution >= 4 is 17.3 Å². The number of hydrogen-bond donors (Lipinski definition) is 3. The number of ether oxygens (including phenoxy) is 1. The van der Waals surface area contributed by atoms with Crippen LogP contribution in [0.1, 0.15) is 54.0 Å². The Morgan fingerprint density at radius 3 is 2.47 bits per heavy atom. The number of allylic oxidation sites excluding steroid dienone is 4. The van der Waals surface area contributed by atoms with Gasteiger partial charge in [0.15, 0.2) is 23.2 Å². The number of benzene rings is 1. The van der Waals surface area contributed by atoms with Crippen molar-refractivity contribution in [1.82, 2.24) is 15.5 Å². The molecule has 4 rings (SSSR count). The molecule has 32 heavy (non-hydrogen) atoms. The van der Waals surface area contributed by atoms with Gasteiger partial charge < -0.3 is 24.8 Å². The fourth-order valence-corrected chi connectivity index (χ4v) is 4.07. The number of hydrogen-bond acceptors (Lipinski definition) is 10. The normalized spacial score (nSPS) is 21.0. The number of rotatable bonds is 4. The van der Waals surface area contributed by atoms with Gasteiger partial charge in [0.25, 0.3) is 0 Å². The third kappa shape index (κ3) is 2.83. The smallest absolute Gasteiger partial charge is 0.245 e. The van der Waals surface area contributed by atoms with E-state index >= 15 is 0 Å². The number of aromatic hydroxyl groups is 2. The van der Waals surface area contributed by atoms with Crippen molar-refractivity contribution in [3.05, 3.63) is 51.5 Å². The molecule has 0 bridgehead atoms. The Balaban J connectivity index is 1.84. The molecular weight excluding hydrogens is 418 g/mol. The van der Waals surface area contributed by atoms with Gasteiger partial charge in [-0.05, 0) is 34.6 Å². The van der Waals surface area contributed by atoms with Crippen LogP contribution >= 0.6 is 0 Å². The van der Waals surface area contributed by atoms with Crippen molar-refractivity contribution in [1.29, 1.82) is 0 Å². The third-order valence-corrected chi connectivity index (χ3v) is 5.83. The molecule has 0 saturated carbocycles. The zero-order valence-corrected chi connectivity index (χ0v) is 18.1. The lowest BCUT2D eigenvalue weighted by Gasteiger charge is -2.29. The highest BCUT2D eigenvalue weighted by Crippen LogP contribution is 2.57. The molecule has 3 N–H and O–H groups in total. The summed E-state index contributed by atoms with van der Waals surface area (Å²) in [5.41, 5.74) is -1.48. The molecule has 0 fully saturated rings. The monoisotopic (exact) mass is 439 g/mol. The second kappa shape index (κ2) is 7.04. The third-order valence-electron chi connectivity index (χ3n) is 5.83. The summed E-state index contributed by atoms with van der Waals surface area (Å²) in [4.78, 5) is 42.7. The number of ketones is 3. The average molecular weight is 439 g/mol. The molecule has 0 spiro atoms. The Bertz CT molecular complexity index is 1280. The molecule has 166 valence electrons. The van der Waals surface area contributed by atoms with E-state index in [0.717, 1.165) is 6.08 Å². The van der Waals surface area contributed by atoms with Crippen LogP contribution in [0, 0.1) is 13.8 Å². The molecule has 1 aromatic carbocycles. The van der Waals surface area contributed by atoms with E-state index in [1.807, 2.05) is 0 Å². The van der Waals surface area contributed by atoms with Crippen LogP contribution in [0.15, 0.2) is 27.6 Å². The predicted molar refractivity (Wildman–Crippen MR) is 109 cm³/mol. The molecule has 2 aliphatic rings. The molecule has 0 saturated heterocycles. The Labute approximate surface area is 182 Å². The maximum Gasteiger partial charge on any atom is 0.245 e. The van der Waals surface area contributed by atoms with Gasteiger partial charge in [0.2, 0.25) is 5.89 Å². The highest BCUT2D eigenvalue weighted by atomic mass is 16.5. The number of nitrogens with zero attached hydrogens (tertiary/aromatic N) is 2. The van der Waals surface area contributed by atoms with Gasteiger partial charge in [-0.15, -0.1) is 0 Å². The van der Waals surface area contributed by atoms with E-state index in [9.17, 15) is 24.6 Å². The van der Waals surface area contributed by atoms with Crippen LogP contribution in [-0.2, 0) is 21.5 Å². The minimum Gasteiger partial charge on any atom is -0.507 e. The van der Waals surface area contributed by atoms with E-state index < -0.39 is 28.5 Å². The topological polar surface area (TPSA) is 152 Å². The predicted octanol–water partition coefficient (Wildman–Crippen LogP) is 2.05.